The molecule has 74 valence electrons. The van der Waals surface area contributed by atoms with Crippen molar-refractivity contribution >= 4 is 27.3 Å². The third-order valence-corrected chi connectivity index (χ3v) is 3.48. The summed E-state index contributed by atoms with van der Waals surface area (Å²) < 4.78 is 0.772. The summed E-state index contributed by atoms with van der Waals surface area (Å²) in [5, 5.41) is 9.87. The van der Waals surface area contributed by atoms with E-state index in [2.05, 4.69) is 41.7 Å². The first-order chi connectivity index (χ1) is 5.90. The van der Waals surface area contributed by atoms with Gasteiger partial charge in [-0.2, -0.15) is 0 Å². The van der Waals surface area contributed by atoms with Gasteiger partial charge in [0.25, 0.3) is 0 Å². The van der Waals surface area contributed by atoms with Crippen LogP contribution in [0.4, 0.5) is 0 Å². The van der Waals surface area contributed by atoms with Gasteiger partial charge in [-0.1, -0.05) is 20.8 Å². The predicted molar refractivity (Wildman–Crippen MR) is 58.8 cm³/mol. The topological polar surface area (TPSA) is 33.1 Å². The number of aliphatic hydroxyl groups excluding tert-OH is 1. The minimum absolute atomic E-state index is 0.142. The molecule has 0 fully saturated rings. The molecule has 4 heteroatoms. The van der Waals surface area contributed by atoms with Crippen molar-refractivity contribution in [3.05, 3.63) is 15.0 Å². The van der Waals surface area contributed by atoms with Gasteiger partial charge in [0.05, 0.1) is 16.5 Å². The standard InChI is InChI=1S/C9H14BrNOS/c1-9(2,3)4-6(12)7-8(10)11-5-13-7/h5-6,12H,4H2,1-3H3. The van der Waals surface area contributed by atoms with Crippen LogP contribution >= 0.6 is 27.3 Å². The average molecular weight is 264 g/mol. The minimum atomic E-state index is -0.401. The molecule has 1 N–H and O–H groups in total. The summed E-state index contributed by atoms with van der Waals surface area (Å²) in [6.07, 6.45) is 0.357. The Morgan fingerprint density at radius 1 is 1.62 bits per heavy atom. The van der Waals surface area contributed by atoms with Gasteiger partial charge in [0, 0.05) is 0 Å². The molecule has 1 aromatic heterocycles. The lowest BCUT2D eigenvalue weighted by atomic mass is 9.89. The van der Waals surface area contributed by atoms with Crippen molar-refractivity contribution in [2.45, 2.75) is 33.3 Å². The van der Waals surface area contributed by atoms with Gasteiger partial charge in [0.2, 0.25) is 0 Å². The average Bonchev–Trinajstić information content (AvgIpc) is 2.30. The summed E-state index contributed by atoms with van der Waals surface area (Å²) in [7, 11) is 0. The Morgan fingerprint density at radius 2 is 2.23 bits per heavy atom. The smallest absolute Gasteiger partial charge is 0.122 e. The van der Waals surface area contributed by atoms with E-state index in [0.29, 0.717) is 0 Å². The second-order valence-electron chi connectivity index (χ2n) is 4.29. The zero-order valence-electron chi connectivity index (χ0n) is 8.04. The molecular formula is C9H14BrNOS. The molecule has 0 aromatic carbocycles. The Hall–Kier alpha value is 0.0700. The van der Waals surface area contributed by atoms with Gasteiger partial charge in [0.15, 0.2) is 0 Å². The first-order valence-electron chi connectivity index (χ1n) is 4.17. The van der Waals surface area contributed by atoms with Gasteiger partial charge in [-0.25, -0.2) is 4.98 Å². The second kappa shape index (κ2) is 4.07. The number of aromatic nitrogens is 1. The Labute approximate surface area is 91.1 Å². The maximum atomic E-state index is 9.87. The van der Waals surface area contributed by atoms with Crippen molar-refractivity contribution in [2.75, 3.05) is 0 Å². The summed E-state index contributed by atoms with van der Waals surface area (Å²) >= 11 is 4.80. The van der Waals surface area contributed by atoms with E-state index in [4.69, 9.17) is 0 Å². The van der Waals surface area contributed by atoms with Gasteiger partial charge in [0.1, 0.15) is 4.60 Å². The molecule has 0 bridgehead atoms. The lowest BCUT2D eigenvalue weighted by Gasteiger charge is -2.21. The third kappa shape index (κ3) is 3.37. The van der Waals surface area contributed by atoms with E-state index >= 15 is 0 Å². The zero-order chi connectivity index (χ0) is 10.1. The number of aliphatic hydroxyl groups is 1. The first-order valence-corrected chi connectivity index (χ1v) is 5.84. The summed E-state index contributed by atoms with van der Waals surface area (Å²) in [5.41, 5.74) is 1.88. The highest BCUT2D eigenvalue weighted by atomic mass is 79.9. The zero-order valence-corrected chi connectivity index (χ0v) is 10.4. The molecule has 0 saturated carbocycles. The van der Waals surface area contributed by atoms with Gasteiger partial charge in [-0.15, -0.1) is 11.3 Å². The minimum Gasteiger partial charge on any atom is -0.387 e. The molecular weight excluding hydrogens is 250 g/mol. The number of thiazole rings is 1. The van der Waals surface area contributed by atoms with Crippen molar-refractivity contribution in [3.63, 3.8) is 0 Å². The molecule has 1 rings (SSSR count). The largest absolute Gasteiger partial charge is 0.387 e. The summed E-state index contributed by atoms with van der Waals surface area (Å²) in [4.78, 5) is 4.97. The molecule has 13 heavy (non-hydrogen) atoms. The van der Waals surface area contributed by atoms with Crippen molar-refractivity contribution in [2.24, 2.45) is 5.41 Å². The van der Waals surface area contributed by atoms with Crippen LogP contribution in [0.1, 0.15) is 38.2 Å². The number of rotatable bonds is 2. The molecule has 1 unspecified atom stereocenters. The van der Waals surface area contributed by atoms with Crippen molar-refractivity contribution in [1.82, 2.24) is 4.98 Å². The van der Waals surface area contributed by atoms with Crippen LogP contribution in [0.5, 0.6) is 0 Å². The van der Waals surface area contributed by atoms with E-state index in [1.165, 1.54) is 11.3 Å². The summed E-state index contributed by atoms with van der Waals surface area (Å²) in [6, 6.07) is 0. The SMILES string of the molecule is CC(C)(C)CC(O)c1scnc1Br. The third-order valence-electron chi connectivity index (χ3n) is 1.66. The quantitative estimate of drug-likeness (QED) is 0.888. The van der Waals surface area contributed by atoms with Crippen LogP contribution in [0.15, 0.2) is 10.1 Å². The number of hydrogen-bond donors (Lipinski definition) is 1. The molecule has 0 saturated heterocycles. The van der Waals surface area contributed by atoms with Crippen LogP contribution in [0.2, 0.25) is 0 Å². The molecule has 0 radical (unpaired) electrons. The Bertz CT molecular complexity index is 279. The lowest BCUT2D eigenvalue weighted by Crippen LogP contribution is -2.11. The van der Waals surface area contributed by atoms with Crippen LogP contribution in [0.25, 0.3) is 0 Å². The van der Waals surface area contributed by atoms with E-state index in [1.807, 2.05) is 0 Å². The van der Waals surface area contributed by atoms with Gasteiger partial charge >= 0.3 is 0 Å². The fourth-order valence-corrected chi connectivity index (χ4v) is 2.57. The second-order valence-corrected chi connectivity index (χ2v) is 5.93. The van der Waals surface area contributed by atoms with E-state index in [9.17, 15) is 5.11 Å². The van der Waals surface area contributed by atoms with E-state index < -0.39 is 6.10 Å². The maximum absolute atomic E-state index is 9.87. The summed E-state index contributed by atoms with van der Waals surface area (Å²) in [6.45, 7) is 6.35. The van der Waals surface area contributed by atoms with Crippen molar-refractivity contribution in [3.8, 4) is 0 Å². The highest BCUT2D eigenvalue weighted by Gasteiger charge is 2.21. The molecule has 0 spiro atoms. The fraction of sp³-hybridized carbons (Fsp3) is 0.667. The Kier molecular flexibility index (Phi) is 3.49. The van der Waals surface area contributed by atoms with Crippen LogP contribution < -0.4 is 0 Å². The lowest BCUT2D eigenvalue weighted by molar-refractivity contribution is 0.124. The molecule has 1 heterocycles. The van der Waals surface area contributed by atoms with Crippen LogP contribution in [-0.2, 0) is 0 Å². The van der Waals surface area contributed by atoms with Gasteiger partial charge < -0.3 is 5.11 Å². The Balaban J connectivity index is 2.69. The molecule has 1 atom stereocenters. The first kappa shape index (κ1) is 11.1. The molecule has 2 nitrogen and oxygen atoms in total. The van der Waals surface area contributed by atoms with Crippen LogP contribution in [0.3, 0.4) is 0 Å². The molecule has 0 aliphatic carbocycles. The molecule has 0 aliphatic heterocycles. The normalized spacial score (nSPS) is 14.5. The molecule has 1 aromatic rings. The molecule has 0 amide bonds. The van der Waals surface area contributed by atoms with Gasteiger partial charge in [-0.3, -0.25) is 0 Å². The van der Waals surface area contributed by atoms with Crippen molar-refractivity contribution < 1.29 is 5.11 Å². The monoisotopic (exact) mass is 263 g/mol. The van der Waals surface area contributed by atoms with E-state index in [-0.39, 0.29) is 5.41 Å². The highest BCUT2D eigenvalue weighted by molar-refractivity contribution is 9.10. The highest BCUT2D eigenvalue weighted by Crippen LogP contribution is 2.34. The number of halogens is 1. The summed E-state index contributed by atoms with van der Waals surface area (Å²) in [5.74, 6) is 0. The Morgan fingerprint density at radius 3 is 2.62 bits per heavy atom. The van der Waals surface area contributed by atoms with Crippen LogP contribution in [-0.4, -0.2) is 10.1 Å². The van der Waals surface area contributed by atoms with Crippen molar-refractivity contribution in [1.29, 1.82) is 0 Å². The fourth-order valence-electron chi connectivity index (χ4n) is 1.13. The van der Waals surface area contributed by atoms with E-state index in [1.54, 1.807) is 5.51 Å². The van der Waals surface area contributed by atoms with Crippen LogP contribution in [0, 0.1) is 5.41 Å². The van der Waals surface area contributed by atoms with Gasteiger partial charge in [-0.05, 0) is 27.8 Å². The number of nitrogens with zero attached hydrogens (tertiary/aromatic N) is 1. The number of hydrogen-bond acceptors (Lipinski definition) is 3. The maximum Gasteiger partial charge on any atom is 0.122 e. The molecule has 0 aliphatic rings. The predicted octanol–water partition coefficient (Wildman–Crippen LogP) is 3.38. The van der Waals surface area contributed by atoms with E-state index in [0.717, 1.165) is 15.9 Å².